The topological polar surface area (TPSA) is 71.8 Å². The second-order valence-corrected chi connectivity index (χ2v) is 5.29. The number of aromatic nitrogens is 6. The normalized spacial score (nSPS) is 11.2. The molecule has 0 spiro atoms. The first kappa shape index (κ1) is 13.8. The maximum atomic E-state index is 13.9. The van der Waals surface area contributed by atoms with E-state index in [0.717, 1.165) is 0 Å². The van der Waals surface area contributed by atoms with Crippen LogP contribution in [0, 0.1) is 5.82 Å². The number of hydrogen-bond donors (Lipinski definition) is 1. The number of fused-ring (bicyclic) bond motifs is 1. The lowest BCUT2D eigenvalue weighted by Gasteiger charge is -2.07. The molecule has 0 saturated heterocycles. The van der Waals surface area contributed by atoms with E-state index in [1.165, 1.54) is 6.07 Å². The van der Waals surface area contributed by atoms with Crippen LogP contribution in [0.1, 0.15) is 11.3 Å². The van der Waals surface area contributed by atoms with Gasteiger partial charge in [0.2, 0.25) is 5.28 Å². The molecule has 0 saturated carbocycles. The van der Waals surface area contributed by atoms with Crippen LogP contribution in [0.15, 0.2) is 42.9 Å². The second kappa shape index (κ2) is 5.44. The molecule has 1 N–H and O–H groups in total. The summed E-state index contributed by atoms with van der Waals surface area (Å²) in [4.78, 5) is 12.9. The van der Waals surface area contributed by atoms with Crippen molar-refractivity contribution in [3.63, 3.8) is 0 Å². The summed E-state index contributed by atoms with van der Waals surface area (Å²) in [6, 6.07) is 6.61. The lowest BCUT2D eigenvalue weighted by Crippen LogP contribution is -2.02. The zero-order valence-electron chi connectivity index (χ0n) is 11.7. The van der Waals surface area contributed by atoms with Gasteiger partial charge in [0.1, 0.15) is 11.5 Å². The summed E-state index contributed by atoms with van der Waals surface area (Å²) in [6.45, 7) is 0. The predicted octanol–water partition coefficient (Wildman–Crippen LogP) is 2.90. The van der Waals surface area contributed by atoms with Crippen molar-refractivity contribution >= 4 is 17.2 Å². The minimum Gasteiger partial charge on any atom is -0.303 e. The molecule has 6 nitrogen and oxygen atoms in total. The fraction of sp³-hybridized carbons (Fsp3) is 0.0667. The summed E-state index contributed by atoms with van der Waals surface area (Å²) in [5.41, 5.74) is 2.42. The van der Waals surface area contributed by atoms with Gasteiger partial charge >= 0.3 is 0 Å². The van der Waals surface area contributed by atoms with Crippen LogP contribution in [0.3, 0.4) is 0 Å². The molecule has 0 aliphatic heterocycles. The molecule has 4 rings (SSSR count). The van der Waals surface area contributed by atoms with Gasteiger partial charge in [0.15, 0.2) is 11.5 Å². The van der Waals surface area contributed by atoms with E-state index in [1.807, 2.05) is 4.40 Å². The summed E-state index contributed by atoms with van der Waals surface area (Å²) in [6.07, 6.45) is 5.55. The van der Waals surface area contributed by atoms with Crippen molar-refractivity contribution in [3.8, 4) is 11.5 Å². The Morgan fingerprint density at radius 2 is 2.09 bits per heavy atom. The quantitative estimate of drug-likeness (QED) is 0.627. The molecule has 0 aliphatic carbocycles. The van der Waals surface area contributed by atoms with E-state index < -0.39 is 0 Å². The monoisotopic (exact) mass is 328 g/mol. The molecule has 1 aromatic carbocycles. The van der Waals surface area contributed by atoms with Gasteiger partial charge < -0.3 is 4.40 Å². The summed E-state index contributed by atoms with van der Waals surface area (Å²) >= 11 is 5.75. The van der Waals surface area contributed by atoms with E-state index in [2.05, 4.69) is 25.1 Å². The van der Waals surface area contributed by atoms with Crippen LogP contribution in [-0.4, -0.2) is 29.5 Å². The Morgan fingerprint density at radius 1 is 1.22 bits per heavy atom. The average molecular weight is 329 g/mol. The Hall–Kier alpha value is -2.80. The summed E-state index contributed by atoms with van der Waals surface area (Å²) in [5.74, 6) is 0.174. The first-order chi connectivity index (χ1) is 11.2. The molecule has 0 radical (unpaired) electrons. The van der Waals surface area contributed by atoms with Crippen LogP contribution in [0.25, 0.3) is 17.2 Å². The first-order valence-electron chi connectivity index (χ1n) is 6.85. The van der Waals surface area contributed by atoms with E-state index in [9.17, 15) is 4.39 Å². The number of rotatable bonds is 3. The number of nitrogens with one attached hydrogen (secondary N) is 1. The summed E-state index contributed by atoms with van der Waals surface area (Å²) < 4.78 is 15.7. The molecule has 23 heavy (non-hydrogen) atoms. The fourth-order valence-electron chi connectivity index (χ4n) is 2.41. The Labute approximate surface area is 135 Å². The molecule has 3 aromatic heterocycles. The van der Waals surface area contributed by atoms with Gasteiger partial charge in [-0.25, -0.2) is 14.4 Å². The van der Waals surface area contributed by atoms with Crippen LogP contribution >= 0.6 is 11.6 Å². The van der Waals surface area contributed by atoms with Crippen LogP contribution in [0.4, 0.5) is 4.39 Å². The van der Waals surface area contributed by atoms with Gasteiger partial charge in [-0.3, -0.25) is 5.10 Å². The maximum absolute atomic E-state index is 13.9. The first-order valence-corrected chi connectivity index (χ1v) is 7.23. The standard InChI is InChI=1S/C15H10ClFN6/c16-15-20-13(21-22-15)12-8-23-6-5-18-14(23)11(19-12)7-9-3-1-2-4-10(9)17/h1-6,8H,7H2,(H,20,21,22). The zero-order chi connectivity index (χ0) is 15.8. The number of aromatic amines is 1. The van der Waals surface area contributed by atoms with Crippen molar-refractivity contribution in [3.05, 3.63) is 65.2 Å². The Bertz CT molecular complexity index is 992. The minimum absolute atomic E-state index is 0.114. The summed E-state index contributed by atoms with van der Waals surface area (Å²) in [5, 5.41) is 6.62. The molecule has 0 bridgehead atoms. The highest BCUT2D eigenvalue weighted by Crippen LogP contribution is 2.20. The molecule has 3 heterocycles. The largest absolute Gasteiger partial charge is 0.303 e. The molecule has 114 valence electrons. The highest BCUT2D eigenvalue weighted by molar-refractivity contribution is 6.28. The number of halogens is 2. The highest BCUT2D eigenvalue weighted by Gasteiger charge is 2.13. The van der Waals surface area contributed by atoms with Crippen molar-refractivity contribution in [2.75, 3.05) is 0 Å². The Balaban J connectivity index is 1.85. The third kappa shape index (κ3) is 2.55. The van der Waals surface area contributed by atoms with Gasteiger partial charge in [0.25, 0.3) is 0 Å². The van der Waals surface area contributed by atoms with Gasteiger partial charge in [-0.2, -0.15) is 4.98 Å². The minimum atomic E-state index is -0.271. The fourth-order valence-corrected chi connectivity index (χ4v) is 2.53. The molecule has 0 fully saturated rings. The smallest absolute Gasteiger partial charge is 0.242 e. The van der Waals surface area contributed by atoms with E-state index >= 15 is 0 Å². The number of benzene rings is 1. The van der Waals surface area contributed by atoms with Gasteiger partial charge in [-0.05, 0) is 23.2 Å². The van der Waals surface area contributed by atoms with Crippen LogP contribution in [0.2, 0.25) is 5.28 Å². The average Bonchev–Trinajstić information content (AvgIpc) is 3.18. The number of H-pyrrole nitrogens is 1. The Morgan fingerprint density at radius 3 is 2.87 bits per heavy atom. The number of nitrogens with zero attached hydrogens (tertiary/aromatic N) is 5. The third-order valence-corrected chi connectivity index (χ3v) is 3.63. The van der Waals surface area contributed by atoms with Crippen LogP contribution in [-0.2, 0) is 6.42 Å². The molecule has 0 atom stereocenters. The van der Waals surface area contributed by atoms with Crippen molar-refractivity contribution in [2.24, 2.45) is 0 Å². The molecule has 0 amide bonds. The molecule has 0 aliphatic rings. The summed E-state index contributed by atoms with van der Waals surface area (Å²) in [7, 11) is 0. The maximum Gasteiger partial charge on any atom is 0.242 e. The lowest BCUT2D eigenvalue weighted by atomic mass is 10.1. The van der Waals surface area contributed by atoms with Crippen molar-refractivity contribution in [1.82, 2.24) is 29.5 Å². The van der Waals surface area contributed by atoms with E-state index in [1.54, 1.807) is 36.8 Å². The molecular weight excluding hydrogens is 319 g/mol. The number of imidazole rings is 1. The third-order valence-electron chi connectivity index (χ3n) is 3.46. The molecule has 0 unspecified atom stereocenters. The van der Waals surface area contributed by atoms with Crippen molar-refractivity contribution < 1.29 is 4.39 Å². The van der Waals surface area contributed by atoms with Crippen LogP contribution < -0.4 is 0 Å². The van der Waals surface area contributed by atoms with Crippen LogP contribution in [0.5, 0.6) is 0 Å². The zero-order valence-corrected chi connectivity index (χ0v) is 12.5. The molecule has 4 aromatic rings. The molecule has 8 heteroatoms. The van der Waals surface area contributed by atoms with Crippen molar-refractivity contribution in [1.29, 1.82) is 0 Å². The van der Waals surface area contributed by atoms with E-state index in [0.29, 0.717) is 34.8 Å². The van der Waals surface area contributed by atoms with Crippen molar-refractivity contribution in [2.45, 2.75) is 6.42 Å². The van der Waals surface area contributed by atoms with Gasteiger partial charge in [-0.15, -0.1) is 5.10 Å². The molecular formula is C15H10ClFN6. The van der Waals surface area contributed by atoms with Gasteiger partial charge in [0.05, 0.1) is 5.69 Å². The SMILES string of the molecule is Fc1ccccc1Cc1nc(-c2nc(Cl)n[nH]2)cn2ccnc12. The van der Waals surface area contributed by atoms with Gasteiger partial charge in [-0.1, -0.05) is 18.2 Å². The van der Waals surface area contributed by atoms with Gasteiger partial charge in [0, 0.05) is 25.0 Å². The lowest BCUT2D eigenvalue weighted by molar-refractivity contribution is 0.613. The van der Waals surface area contributed by atoms with E-state index in [4.69, 9.17) is 11.6 Å². The predicted molar refractivity (Wildman–Crippen MR) is 82.6 cm³/mol. The highest BCUT2D eigenvalue weighted by atomic mass is 35.5. The van der Waals surface area contributed by atoms with E-state index in [-0.39, 0.29) is 11.1 Å². The number of hydrogen-bond acceptors (Lipinski definition) is 4. The Kier molecular flexibility index (Phi) is 3.27. The second-order valence-electron chi connectivity index (χ2n) is 4.95.